The van der Waals surface area contributed by atoms with E-state index in [9.17, 15) is 18.0 Å². The van der Waals surface area contributed by atoms with Crippen LogP contribution in [0.4, 0.5) is 0 Å². The lowest BCUT2D eigenvalue weighted by molar-refractivity contribution is -0.265. The van der Waals surface area contributed by atoms with E-state index in [0.29, 0.717) is 6.42 Å². The summed E-state index contributed by atoms with van der Waals surface area (Å²) in [6.07, 6.45) is 0.940. The third kappa shape index (κ3) is 7.54. The van der Waals surface area contributed by atoms with Gasteiger partial charge in [0.2, 0.25) is 0 Å². The van der Waals surface area contributed by atoms with Crippen LogP contribution in [0.3, 0.4) is 0 Å². The molecule has 0 bridgehead atoms. The van der Waals surface area contributed by atoms with Gasteiger partial charge < -0.3 is 4.74 Å². The summed E-state index contributed by atoms with van der Waals surface area (Å²) in [6, 6.07) is 0. The minimum Gasteiger partial charge on any atom is -0.466 e. The van der Waals surface area contributed by atoms with E-state index < -0.39 is 33.7 Å². The lowest BCUT2D eigenvalue weighted by Crippen LogP contribution is -2.34. The van der Waals surface area contributed by atoms with E-state index in [2.05, 4.69) is 21.1 Å². The van der Waals surface area contributed by atoms with E-state index in [4.69, 9.17) is 4.55 Å². The monoisotopic (exact) mass is 296 g/mol. The van der Waals surface area contributed by atoms with Crippen LogP contribution in [-0.2, 0) is 34.2 Å². The second kappa shape index (κ2) is 8.62. The molecule has 8 nitrogen and oxygen atoms in total. The van der Waals surface area contributed by atoms with Crippen molar-refractivity contribution < 1.29 is 37.1 Å². The number of hydrogen-bond donors (Lipinski definition) is 1. The predicted molar refractivity (Wildman–Crippen MR) is 63.4 cm³/mol. The Hall–Kier alpha value is -1.45. The zero-order valence-electron chi connectivity index (χ0n) is 10.4. The fourth-order valence-corrected chi connectivity index (χ4v) is 1.56. The van der Waals surface area contributed by atoms with Gasteiger partial charge in [-0.25, -0.2) is 4.79 Å². The number of hydrogen-bond acceptors (Lipinski definition) is 7. The number of carbonyl (C=O) groups is 2. The van der Waals surface area contributed by atoms with E-state index in [-0.39, 0.29) is 13.2 Å². The largest absolute Gasteiger partial charge is 0.466 e. The van der Waals surface area contributed by atoms with Gasteiger partial charge in [0.15, 0.2) is 5.25 Å². The fraction of sp³-hybridized carbons (Fsp3) is 0.600. The van der Waals surface area contributed by atoms with Gasteiger partial charge in [-0.05, 0) is 6.42 Å². The first-order valence-corrected chi connectivity index (χ1v) is 6.89. The van der Waals surface area contributed by atoms with Crippen LogP contribution in [-0.4, -0.2) is 43.4 Å². The van der Waals surface area contributed by atoms with E-state index >= 15 is 0 Å². The number of rotatable bonds is 9. The van der Waals surface area contributed by atoms with Crippen molar-refractivity contribution in [1.82, 2.24) is 0 Å². The Morgan fingerprint density at radius 1 is 1.42 bits per heavy atom. The fourth-order valence-electron chi connectivity index (χ4n) is 0.930. The van der Waals surface area contributed by atoms with Crippen LogP contribution in [0.1, 0.15) is 19.8 Å². The van der Waals surface area contributed by atoms with Gasteiger partial charge in [-0.1, -0.05) is 13.0 Å². The molecule has 0 heterocycles. The SMILES string of the molecule is C=CCOOC(=O)C(CC(=O)OCCC)S(=O)(=O)O. The summed E-state index contributed by atoms with van der Waals surface area (Å²) in [5, 5.41) is -2.08. The summed E-state index contributed by atoms with van der Waals surface area (Å²) < 4.78 is 35.5. The Bertz CT molecular complexity index is 413. The molecule has 0 fully saturated rings. The van der Waals surface area contributed by atoms with Gasteiger partial charge in [-0.15, -0.1) is 6.58 Å². The number of ether oxygens (including phenoxy) is 1. The summed E-state index contributed by atoms with van der Waals surface area (Å²) in [4.78, 5) is 31.0. The second-order valence-corrected chi connectivity index (χ2v) is 5.00. The van der Waals surface area contributed by atoms with Crippen molar-refractivity contribution in [1.29, 1.82) is 0 Å². The summed E-state index contributed by atoms with van der Waals surface area (Å²) >= 11 is 0. The van der Waals surface area contributed by atoms with Gasteiger partial charge in [0.05, 0.1) is 13.0 Å². The van der Waals surface area contributed by atoms with Crippen LogP contribution in [0, 0.1) is 0 Å². The summed E-state index contributed by atoms with van der Waals surface area (Å²) in [6.45, 7) is 4.94. The third-order valence-electron chi connectivity index (χ3n) is 1.77. The van der Waals surface area contributed by atoms with Gasteiger partial charge in [0.1, 0.15) is 6.61 Å². The molecule has 1 atom stereocenters. The zero-order chi connectivity index (χ0) is 14.9. The van der Waals surface area contributed by atoms with Crippen molar-refractivity contribution in [3.63, 3.8) is 0 Å². The summed E-state index contributed by atoms with van der Waals surface area (Å²) in [5.41, 5.74) is 0. The van der Waals surface area contributed by atoms with Crippen LogP contribution >= 0.6 is 0 Å². The summed E-state index contributed by atoms with van der Waals surface area (Å²) in [7, 11) is -4.80. The first kappa shape index (κ1) is 17.6. The first-order chi connectivity index (χ1) is 8.82. The molecule has 0 saturated carbocycles. The number of carbonyl (C=O) groups excluding carboxylic acids is 2. The highest BCUT2D eigenvalue weighted by atomic mass is 32.2. The van der Waals surface area contributed by atoms with E-state index in [0.717, 1.165) is 0 Å². The molecule has 0 aliphatic rings. The van der Waals surface area contributed by atoms with E-state index in [1.807, 2.05) is 0 Å². The molecule has 0 saturated heterocycles. The average molecular weight is 296 g/mol. The maximum absolute atomic E-state index is 11.3. The van der Waals surface area contributed by atoms with Crippen molar-refractivity contribution in [2.24, 2.45) is 0 Å². The van der Waals surface area contributed by atoms with Crippen LogP contribution in [0.5, 0.6) is 0 Å². The van der Waals surface area contributed by atoms with Gasteiger partial charge >= 0.3 is 11.9 Å². The highest BCUT2D eigenvalue weighted by Crippen LogP contribution is 2.09. The minimum absolute atomic E-state index is 0.0824. The normalized spacial score (nSPS) is 12.5. The molecule has 1 N–H and O–H groups in total. The van der Waals surface area contributed by atoms with Crippen LogP contribution in [0.25, 0.3) is 0 Å². The molecule has 0 aliphatic carbocycles. The molecule has 0 aromatic rings. The van der Waals surface area contributed by atoms with Crippen molar-refractivity contribution in [3.05, 3.63) is 12.7 Å². The van der Waals surface area contributed by atoms with Gasteiger partial charge in [-0.2, -0.15) is 13.3 Å². The van der Waals surface area contributed by atoms with Crippen molar-refractivity contribution >= 4 is 22.1 Å². The molecule has 0 aromatic carbocycles. The maximum Gasteiger partial charge on any atom is 0.363 e. The highest BCUT2D eigenvalue weighted by Gasteiger charge is 2.36. The highest BCUT2D eigenvalue weighted by molar-refractivity contribution is 7.87. The molecule has 9 heteroatoms. The lowest BCUT2D eigenvalue weighted by atomic mass is 10.3. The minimum atomic E-state index is -4.80. The quantitative estimate of drug-likeness (QED) is 0.161. The van der Waals surface area contributed by atoms with Gasteiger partial charge in [-0.3, -0.25) is 14.2 Å². The Balaban J connectivity index is 4.60. The van der Waals surface area contributed by atoms with E-state index in [1.165, 1.54) is 6.08 Å². The Labute approximate surface area is 111 Å². The maximum atomic E-state index is 11.3. The molecule has 110 valence electrons. The predicted octanol–water partition coefficient (Wildman–Crippen LogP) is 0.247. The smallest absolute Gasteiger partial charge is 0.363 e. The molecule has 0 radical (unpaired) electrons. The third-order valence-corrected chi connectivity index (χ3v) is 2.85. The molecular formula is C10H16O8S. The van der Waals surface area contributed by atoms with Crippen LogP contribution < -0.4 is 0 Å². The number of esters is 1. The Kier molecular flexibility index (Phi) is 7.96. The topological polar surface area (TPSA) is 116 Å². The molecule has 0 aliphatic heterocycles. The molecule has 0 rings (SSSR count). The van der Waals surface area contributed by atoms with Crippen molar-refractivity contribution in [2.75, 3.05) is 13.2 Å². The lowest BCUT2D eigenvalue weighted by Gasteiger charge is -2.11. The molecule has 1 unspecified atom stereocenters. The average Bonchev–Trinajstić information content (AvgIpc) is 2.32. The Morgan fingerprint density at radius 2 is 2.05 bits per heavy atom. The second-order valence-electron chi connectivity index (χ2n) is 3.40. The van der Waals surface area contributed by atoms with Crippen LogP contribution in [0.2, 0.25) is 0 Å². The molecular weight excluding hydrogens is 280 g/mol. The van der Waals surface area contributed by atoms with Gasteiger partial charge in [0.25, 0.3) is 10.1 Å². The zero-order valence-corrected chi connectivity index (χ0v) is 11.2. The molecule has 0 spiro atoms. The van der Waals surface area contributed by atoms with E-state index in [1.54, 1.807) is 6.92 Å². The van der Waals surface area contributed by atoms with Crippen molar-refractivity contribution in [3.8, 4) is 0 Å². The van der Waals surface area contributed by atoms with Gasteiger partial charge in [0, 0.05) is 0 Å². The summed E-state index contributed by atoms with van der Waals surface area (Å²) in [5.74, 6) is -2.34. The molecule has 0 aromatic heterocycles. The first-order valence-electron chi connectivity index (χ1n) is 5.39. The standard InChI is InChI=1S/C10H16O8S/c1-3-5-16-9(11)7-8(19(13,14)15)10(12)18-17-6-4-2/h4,8H,2-3,5-7H2,1H3,(H,13,14,15). The molecule has 0 amide bonds. The van der Waals surface area contributed by atoms with Crippen molar-refractivity contribution in [2.45, 2.75) is 25.0 Å². The Morgan fingerprint density at radius 3 is 2.53 bits per heavy atom. The van der Waals surface area contributed by atoms with Crippen LogP contribution in [0.15, 0.2) is 12.7 Å². The molecule has 19 heavy (non-hydrogen) atoms.